The van der Waals surface area contributed by atoms with Gasteiger partial charge in [-0.15, -0.1) is 0 Å². The molecule has 0 N–H and O–H groups in total. The van der Waals surface area contributed by atoms with Crippen molar-refractivity contribution >= 4 is 23.1 Å². The highest BCUT2D eigenvalue weighted by molar-refractivity contribution is 6.12. The molecule has 5 heteroatoms. The maximum Gasteiger partial charge on any atom is 0.168 e. The Kier molecular flexibility index (Phi) is 6.23. The molecule has 1 aromatic rings. The highest BCUT2D eigenvalue weighted by Gasteiger charge is 2.37. The summed E-state index contributed by atoms with van der Waals surface area (Å²) < 4.78 is 5.51. The summed E-state index contributed by atoms with van der Waals surface area (Å²) >= 11 is 0. The van der Waals surface area contributed by atoms with Crippen LogP contribution in [0, 0.1) is 11.8 Å². The number of ketones is 4. The fourth-order valence-electron chi connectivity index (χ4n) is 3.42. The van der Waals surface area contributed by atoms with E-state index in [2.05, 4.69) is 0 Å². The summed E-state index contributed by atoms with van der Waals surface area (Å²) in [6.07, 6.45) is 1.20. The first-order valence-corrected chi connectivity index (χ1v) is 8.77. The molecule has 0 aliphatic heterocycles. The zero-order valence-electron chi connectivity index (χ0n) is 15.0. The molecule has 0 saturated heterocycles. The Morgan fingerprint density at radius 2 is 1.92 bits per heavy atom. The van der Waals surface area contributed by atoms with Gasteiger partial charge in [0.2, 0.25) is 0 Å². The summed E-state index contributed by atoms with van der Waals surface area (Å²) in [5, 5.41) is 0. The molecule has 0 radical (unpaired) electrons. The topological polar surface area (TPSA) is 77.5 Å². The molecular formula is C20H24O5. The van der Waals surface area contributed by atoms with Crippen molar-refractivity contribution in [3.63, 3.8) is 0 Å². The fraction of sp³-hybridized carbons (Fsp3) is 0.500. The van der Waals surface area contributed by atoms with E-state index in [0.717, 1.165) is 0 Å². The molecule has 1 saturated carbocycles. The van der Waals surface area contributed by atoms with Crippen LogP contribution in [0.4, 0.5) is 0 Å². The zero-order valence-corrected chi connectivity index (χ0v) is 15.0. The van der Waals surface area contributed by atoms with Crippen LogP contribution >= 0.6 is 0 Å². The highest BCUT2D eigenvalue weighted by atomic mass is 16.5. The summed E-state index contributed by atoms with van der Waals surface area (Å²) in [5.74, 6) is -1.38. The average Bonchev–Trinajstić information content (AvgIpc) is 2.58. The standard InChI is InChI=1S/C20H24O5/c1-4-14-16(22)10-9-13(20(14)24)11-17(23)19-15(12(3)21)7-6-8-18(19)25-5-2/h6-8,13-14H,4-5,9-11H2,1-3H3. The molecule has 1 aliphatic carbocycles. The Labute approximate surface area is 147 Å². The largest absolute Gasteiger partial charge is 0.493 e. The van der Waals surface area contributed by atoms with E-state index in [-0.39, 0.29) is 35.1 Å². The number of carbonyl (C=O) groups excluding carboxylic acids is 4. The Balaban J connectivity index is 2.30. The van der Waals surface area contributed by atoms with Gasteiger partial charge in [0.05, 0.1) is 18.1 Å². The number of hydrogen-bond donors (Lipinski definition) is 0. The Hall–Kier alpha value is -2.30. The van der Waals surface area contributed by atoms with Gasteiger partial charge in [-0.3, -0.25) is 19.2 Å². The first-order valence-electron chi connectivity index (χ1n) is 8.77. The predicted octanol–water partition coefficient (Wildman–Crippen LogP) is 3.44. The lowest BCUT2D eigenvalue weighted by atomic mass is 9.75. The number of ether oxygens (including phenoxy) is 1. The SMILES string of the molecule is CCOc1cccc(C(C)=O)c1C(=O)CC1CCC(=O)C(CC)C1=O. The lowest BCUT2D eigenvalue weighted by Crippen LogP contribution is -2.36. The van der Waals surface area contributed by atoms with Crippen LogP contribution in [-0.4, -0.2) is 29.7 Å². The second-order valence-electron chi connectivity index (χ2n) is 6.36. The summed E-state index contributed by atoms with van der Waals surface area (Å²) in [6, 6.07) is 4.93. The minimum atomic E-state index is -0.596. The van der Waals surface area contributed by atoms with Crippen LogP contribution in [0.25, 0.3) is 0 Å². The van der Waals surface area contributed by atoms with E-state index in [1.165, 1.54) is 6.92 Å². The molecule has 0 spiro atoms. The fourth-order valence-corrected chi connectivity index (χ4v) is 3.42. The third kappa shape index (κ3) is 4.03. The van der Waals surface area contributed by atoms with Gasteiger partial charge in [-0.1, -0.05) is 19.1 Å². The van der Waals surface area contributed by atoms with Gasteiger partial charge < -0.3 is 4.74 Å². The minimum Gasteiger partial charge on any atom is -0.493 e. The van der Waals surface area contributed by atoms with Crippen LogP contribution in [-0.2, 0) is 9.59 Å². The first kappa shape index (κ1) is 19.0. The van der Waals surface area contributed by atoms with Crippen molar-refractivity contribution in [1.29, 1.82) is 0 Å². The van der Waals surface area contributed by atoms with Crippen molar-refractivity contribution in [2.75, 3.05) is 6.61 Å². The highest BCUT2D eigenvalue weighted by Crippen LogP contribution is 2.31. The van der Waals surface area contributed by atoms with Crippen molar-refractivity contribution in [1.82, 2.24) is 0 Å². The van der Waals surface area contributed by atoms with Crippen LogP contribution in [0.15, 0.2) is 18.2 Å². The average molecular weight is 344 g/mol. The molecule has 2 unspecified atom stereocenters. The van der Waals surface area contributed by atoms with Crippen LogP contribution in [0.2, 0.25) is 0 Å². The van der Waals surface area contributed by atoms with Gasteiger partial charge in [0.1, 0.15) is 17.3 Å². The van der Waals surface area contributed by atoms with Gasteiger partial charge in [0.15, 0.2) is 11.6 Å². The van der Waals surface area contributed by atoms with Crippen LogP contribution < -0.4 is 4.74 Å². The summed E-state index contributed by atoms with van der Waals surface area (Å²) in [6.45, 7) is 5.38. The molecule has 0 aromatic heterocycles. The lowest BCUT2D eigenvalue weighted by molar-refractivity contribution is -0.138. The van der Waals surface area contributed by atoms with Gasteiger partial charge in [-0.05, 0) is 32.8 Å². The second kappa shape index (κ2) is 8.19. The van der Waals surface area contributed by atoms with Crippen molar-refractivity contribution in [2.45, 2.75) is 46.5 Å². The lowest BCUT2D eigenvalue weighted by Gasteiger charge is -2.26. The van der Waals surface area contributed by atoms with E-state index < -0.39 is 11.8 Å². The van der Waals surface area contributed by atoms with E-state index in [9.17, 15) is 19.2 Å². The minimum absolute atomic E-state index is 0.00693. The molecule has 1 aliphatic rings. The third-order valence-electron chi connectivity index (χ3n) is 4.70. The molecule has 1 aromatic carbocycles. The smallest absolute Gasteiger partial charge is 0.168 e. The molecule has 5 nitrogen and oxygen atoms in total. The van der Waals surface area contributed by atoms with Crippen LogP contribution in [0.5, 0.6) is 5.75 Å². The number of carbonyl (C=O) groups is 4. The van der Waals surface area contributed by atoms with Gasteiger partial charge in [0.25, 0.3) is 0 Å². The van der Waals surface area contributed by atoms with Gasteiger partial charge in [-0.2, -0.15) is 0 Å². The summed E-state index contributed by atoms with van der Waals surface area (Å²) in [7, 11) is 0. The van der Waals surface area contributed by atoms with E-state index in [1.807, 2.05) is 6.92 Å². The van der Waals surface area contributed by atoms with E-state index in [1.54, 1.807) is 25.1 Å². The van der Waals surface area contributed by atoms with E-state index in [0.29, 0.717) is 37.2 Å². The Morgan fingerprint density at radius 1 is 1.20 bits per heavy atom. The predicted molar refractivity (Wildman–Crippen MR) is 93.1 cm³/mol. The van der Waals surface area contributed by atoms with Crippen LogP contribution in [0.1, 0.15) is 67.2 Å². The van der Waals surface area contributed by atoms with E-state index in [4.69, 9.17) is 4.74 Å². The normalized spacial score (nSPS) is 20.4. The maximum atomic E-state index is 12.9. The van der Waals surface area contributed by atoms with Gasteiger partial charge in [0, 0.05) is 24.3 Å². The molecule has 2 rings (SSSR count). The first-order chi connectivity index (χ1) is 11.9. The van der Waals surface area contributed by atoms with Crippen molar-refractivity contribution in [3.8, 4) is 5.75 Å². The zero-order chi connectivity index (χ0) is 18.6. The Bertz CT molecular complexity index is 704. The molecule has 0 bridgehead atoms. The number of rotatable bonds is 7. The third-order valence-corrected chi connectivity index (χ3v) is 4.70. The number of benzene rings is 1. The number of hydrogen-bond acceptors (Lipinski definition) is 5. The molecule has 1 fully saturated rings. The monoisotopic (exact) mass is 344 g/mol. The van der Waals surface area contributed by atoms with Crippen LogP contribution in [0.3, 0.4) is 0 Å². The quantitative estimate of drug-likeness (QED) is 0.559. The van der Waals surface area contributed by atoms with E-state index >= 15 is 0 Å². The second-order valence-corrected chi connectivity index (χ2v) is 6.36. The number of Topliss-reactive ketones (excluding diaryl/α,β-unsaturated/α-hetero) is 4. The summed E-state index contributed by atoms with van der Waals surface area (Å²) in [5.41, 5.74) is 0.553. The molecule has 2 atom stereocenters. The summed E-state index contributed by atoms with van der Waals surface area (Å²) in [4.78, 5) is 49.1. The molecule has 0 amide bonds. The van der Waals surface area contributed by atoms with Gasteiger partial charge in [-0.25, -0.2) is 0 Å². The van der Waals surface area contributed by atoms with Crippen molar-refractivity contribution in [3.05, 3.63) is 29.3 Å². The van der Waals surface area contributed by atoms with Crippen molar-refractivity contribution < 1.29 is 23.9 Å². The maximum absolute atomic E-state index is 12.9. The molecule has 25 heavy (non-hydrogen) atoms. The van der Waals surface area contributed by atoms with Crippen molar-refractivity contribution in [2.24, 2.45) is 11.8 Å². The molecular weight excluding hydrogens is 320 g/mol. The molecule has 0 heterocycles. The van der Waals surface area contributed by atoms with Gasteiger partial charge >= 0.3 is 0 Å². The Morgan fingerprint density at radius 3 is 2.52 bits per heavy atom. The molecule has 134 valence electrons.